The van der Waals surface area contributed by atoms with Crippen LogP contribution in [0.2, 0.25) is 0 Å². The van der Waals surface area contributed by atoms with Crippen molar-refractivity contribution >= 4 is 5.91 Å². The van der Waals surface area contributed by atoms with Gasteiger partial charge in [-0.1, -0.05) is 42.5 Å². The normalized spacial score (nSPS) is 11.9. The molecule has 0 saturated heterocycles. The highest BCUT2D eigenvalue weighted by Gasteiger charge is 2.08. The van der Waals surface area contributed by atoms with Gasteiger partial charge in [-0.3, -0.25) is 4.79 Å². The number of halogens is 1. The Kier molecular flexibility index (Phi) is 5.50. The summed E-state index contributed by atoms with van der Waals surface area (Å²) in [4.78, 5) is 11.9. The summed E-state index contributed by atoms with van der Waals surface area (Å²) >= 11 is 0. The summed E-state index contributed by atoms with van der Waals surface area (Å²) < 4.78 is 13.1. The number of carbonyl (C=O) groups is 1. The molecule has 0 heterocycles. The third-order valence-electron chi connectivity index (χ3n) is 3.37. The van der Waals surface area contributed by atoms with Crippen LogP contribution in [-0.4, -0.2) is 11.9 Å². The van der Waals surface area contributed by atoms with E-state index in [0.29, 0.717) is 5.56 Å². The Hall–Kier alpha value is -2.16. The van der Waals surface area contributed by atoms with Gasteiger partial charge in [-0.15, -0.1) is 0 Å². The van der Waals surface area contributed by atoms with E-state index in [9.17, 15) is 9.18 Å². The third kappa shape index (κ3) is 5.38. The minimum atomic E-state index is -0.308. The highest BCUT2D eigenvalue weighted by Crippen LogP contribution is 2.07. The predicted octanol–water partition coefficient (Wildman–Crippen LogP) is 3.51. The number of nitrogens with one attached hydrogen (secondary N) is 1. The van der Waals surface area contributed by atoms with E-state index >= 15 is 0 Å². The number of amides is 1. The van der Waals surface area contributed by atoms with Crippen LogP contribution in [0.4, 0.5) is 4.39 Å². The lowest BCUT2D eigenvalue weighted by atomic mass is 10.1. The summed E-state index contributed by atoms with van der Waals surface area (Å²) in [5, 5.41) is 2.96. The lowest BCUT2D eigenvalue weighted by Crippen LogP contribution is -2.34. The molecule has 2 aromatic carbocycles. The second kappa shape index (κ2) is 7.58. The Balaban J connectivity index is 1.77. The number of hydrogen-bond acceptors (Lipinski definition) is 1. The van der Waals surface area contributed by atoms with Gasteiger partial charge in [-0.05, 0) is 43.0 Å². The molecule has 1 amide bonds. The Bertz CT molecular complexity index is 583. The lowest BCUT2D eigenvalue weighted by molar-refractivity contribution is -0.121. The van der Waals surface area contributed by atoms with Crippen LogP contribution < -0.4 is 5.32 Å². The van der Waals surface area contributed by atoms with Crippen LogP contribution in [0.15, 0.2) is 54.6 Å². The summed E-state index contributed by atoms with van der Waals surface area (Å²) in [6.07, 6.45) is 2.04. The zero-order valence-electron chi connectivity index (χ0n) is 12.2. The monoisotopic (exact) mass is 285 g/mol. The van der Waals surface area contributed by atoms with Crippen molar-refractivity contribution in [1.29, 1.82) is 0 Å². The quantitative estimate of drug-likeness (QED) is 0.864. The summed E-state index contributed by atoms with van der Waals surface area (Å²) in [6.45, 7) is 1.99. The molecule has 0 fully saturated rings. The van der Waals surface area contributed by atoms with E-state index in [4.69, 9.17) is 0 Å². The minimum Gasteiger partial charge on any atom is -0.353 e. The van der Waals surface area contributed by atoms with E-state index < -0.39 is 0 Å². The highest BCUT2D eigenvalue weighted by atomic mass is 19.1. The third-order valence-corrected chi connectivity index (χ3v) is 3.37. The van der Waals surface area contributed by atoms with Gasteiger partial charge in [0.1, 0.15) is 5.82 Å². The van der Waals surface area contributed by atoms with Crippen molar-refractivity contribution in [3.63, 3.8) is 0 Å². The highest BCUT2D eigenvalue weighted by molar-refractivity contribution is 5.78. The predicted molar refractivity (Wildman–Crippen MR) is 82.5 cm³/mol. The molecule has 0 radical (unpaired) electrons. The standard InChI is InChI=1S/C18H20FNO/c1-14(10-11-15-6-3-2-4-7-15)20-18(21)13-16-8-5-9-17(19)12-16/h2-9,12,14H,10-11,13H2,1H3,(H,20,21). The van der Waals surface area contributed by atoms with Gasteiger partial charge >= 0.3 is 0 Å². The van der Waals surface area contributed by atoms with Gasteiger partial charge in [0.05, 0.1) is 6.42 Å². The van der Waals surface area contributed by atoms with Crippen LogP contribution in [0.25, 0.3) is 0 Å². The zero-order chi connectivity index (χ0) is 15.1. The largest absolute Gasteiger partial charge is 0.353 e. The Morgan fingerprint density at radius 1 is 1.10 bits per heavy atom. The lowest BCUT2D eigenvalue weighted by Gasteiger charge is -2.14. The second-order valence-electron chi connectivity index (χ2n) is 5.30. The molecule has 0 spiro atoms. The summed E-state index contributed by atoms with van der Waals surface area (Å²) in [6, 6.07) is 16.5. The summed E-state index contributed by atoms with van der Waals surface area (Å²) in [7, 11) is 0. The van der Waals surface area contributed by atoms with Gasteiger partial charge in [-0.2, -0.15) is 0 Å². The Morgan fingerprint density at radius 2 is 1.81 bits per heavy atom. The van der Waals surface area contributed by atoms with E-state index in [1.807, 2.05) is 25.1 Å². The van der Waals surface area contributed by atoms with Crippen LogP contribution >= 0.6 is 0 Å². The molecule has 2 aromatic rings. The van der Waals surface area contributed by atoms with Crippen LogP contribution in [0.3, 0.4) is 0 Å². The molecular weight excluding hydrogens is 265 g/mol. The first-order chi connectivity index (χ1) is 10.1. The molecule has 1 N–H and O–H groups in total. The number of carbonyl (C=O) groups excluding carboxylic acids is 1. The molecule has 2 nitrogen and oxygen atoms in total. The maximum absolute atomic E-state index is 13.1. The molecule has 0 saturated carbocycles. The van der Waals surface area contributed by atoms with E-state index in [1.165, 1.54) is 17.7 Å². The van der Waals surface area contributed by atoms with Crippen molar-refractivity contribution in [3.05, 3.63) is 71.5 Å². The molecule has 1 atom stereocenters. The number of hydrogen-bond donors (Lipinski definition) is 1. The van der Waals surface area contributed by atoms with E-state index in [1.54, 1.807) is 12.1 Å². The molecule has 0 aromatic heterocycles. The fourth-order valence-corrected chi connectivity index (χ4v) is 2.26. The van der Waals surface area contributed by atoms with Gasteiger partial charge in [0.25, 0.3) is 0 Å². The molecule has 1 unspecified atom stereocenters. The number of aryl methyl sites for hydroxylation is 1. The van der Waals surface area contributed by atoms with Crippen LogP contribution in [-0.2, 0) is 17.6 Å². The van der Waals surface area contributed by atoms with Gasteiger partial charge in [0.15, 0.2) is 0 Å². The smallest absolute Gasteiger partial charge is 0.224 e. The van der Waals surface area contributed by atoms with Gasteiger partial charge in [0, 0.05) is 6.04 Å². The van der Waals surface area contributed by atoms with Crippen LogP contribution in [0.5, 0.6) is 0 Å². The number of rotatable bonds is 6. The summed E-state index contributed by atoms with van der Waals surface area (Å²) in [5.41, 5.74) is 1.96. The van der Waals surface area contributed by atoms with Crippen molar-refractivity contribution in [3.8, 4) is 0 Å². The molecule has 21 heavy (non-hydrogen) atoms. The van der Waals surface area contributed by atoms with Gasteiger partial charge in [0.2, 0.25) is 5.91 Å². The molecule has 0 bridgehead atoms. The average Bonchev–Trinajstić information content (AvgIpc) is 2.46. The van der Waals surface area contributed by atoms with E-state index in [0.717, 1.165) is 12.8 Å². The molecule has 2 rings (SSSR count). The first kappa shape index (κ1) is 15.2. The molecule has 0 aliphatic heterocycles. The topological polar surface area (TPSA) is 29.1 Å². The van der Waals surface area contributed by atoms with Gasteiger partial charge in [-0.25, -0.2) is 4.39 Å². The molecular formula is C18H20FNO. The van der Waals surface area contributed by atoms with Crippen LogP contribution in [0.1, 0.15) is 24.5 Å². The SMILES string of the molecule is CC(CCc1ccccc1)NC(=O)Cc1cccc(F)c1. The van der Waals surface area contributed by atoms with Crippen molar-refractivity contribution < 1.29 is 9.18 Å². The number of benzene rings is 2. The zero-order valence-corrected chi connectivity index (χ0v) is 12.2. The van der Waals surface area contributed by atoms with Crippen molar-refractivity contribution in [2.45, 2.75) is 32.2 Å². The van der Waals surface area contributed by atoms with Crippen LogP contribution in [0, 0.1) is 5.82 Å². The maximum Gasteiger partial charge on any atom is 0.224 e. The maximum atomic E-state index is 13.1. The molecule has 3 heteroatoms. The minimum absolute atomic E-state index is 0.0684. The fraction of sp³-hybridized carbons (Fsp3) is 0.278. The summed E-state index contributed by atoms with van der Waals surface area (Å²) in [5.74, 6) is -0.376. The van der Waals surface area contributed by atoms with E-state index in [2.05, 4.69) is 17.4 Å². The molecule has 110 valence electrons. The fourth-order valence-electron chi connectivity index (χ4n) is 2.26. The van der Waals surface area contributed by atoms with Gasteiger partial charge < -0.3 is 5.32 Å². The Morgan fingerprint density at radius 3 is 2.52 bits per heavy atom. The molecule has 0 aliphatic carbocycles. The van der Waals surface area contributed by atoms with Crippen molar-refractivity contribution in [1.82, 2.24) is 5.32 Å². The molecule has 0 aliphatic rings. The van der Waals surface area contributed by atoms with Crippen molar-refractivity contribution in [2.75, 3.05) is 0 Å². The average molecular weight is 285 g/mol. The first-order valence-electron chi connectivity index (χ1n) is 7.21. The Labute approximate surface area is 125 Å². The second-order valence-corrected chi connectivity index (χ2v) is 5.30. The van der Waals surface area contributed by atoms with Crippen molar-refractivity contribution in [2.24, 2.45) is 0 Å². The first-order valence-corrected chi connectivity index (χ1v) is 7.21. The van der Waals surface area contributed by atoms with E-state index in [-0.39, 0.29) is 24.2 Å².